The largest absolute Gasteiger partial charge is 0.460 e. The summed E-state index contributed by atoms with van der Waals surface area (Å²) in [6, 6.07) is 0. The van der Waals surface area contributed by atoms with Crippen molar-refractivity contribution in [3.8, 4) is 0 Å². The first-order valence-corrected chi connectivity index (χ1v) is 10.0. The Morgan fingerprint density at radius 2 is 1.52 bits per heavy atom. The minimum Gasteiger partial charge on any atom is -0.460 e. The fraction of sp³-hybridized carbons (Fsp3) is 0.778. The van der Waals surface area contributed by atoms with Crippen LogP contribution in [0.5, 0.6) is 0 Å². The SMILES string of the molecule is CC(C)C(=O)OCOC(=O)SC[C@H](CC(=O)C(C)(C)S)C(=O)OC(C)(C)C. The van der Waals surface area contributed by atoms with E-state index in [2.05, 4.69) is 12.6 Å². The Balaban J connectivity index is 4.75. The van der Waals surface area contributed by atoms with Crippen molar-refractivity contribution in [1.82, 2.24) is 0 Å². The van der Waals surface area contributed by atoms with E-state index in [1.807, 2.05) is 0 Å². The van der Waals surface area contributed by atoms with E-state index in [0.29, 0.717) is 0 Å². The molecule has 0 amide bonds. The molecule has 0 heterocycles. The van der Waals surface area contributed by atoms with Crippen LogP contribution in [0.25, 0.3) is 0 Å². The second-order valence-electron chi connectivity index (χ2n) is 7.86. The third-order valence-corrected chi connectivity index (χ3v) is 4.28. The quantitative estimate of drug-likeness (QED) is 0.342. The summed E-state index contributed by atoms with van der Waals surface area (Å²) in [5.74, 6) is -2.44. The number of rotatable bonds is 9. The van der Waals surface area contributed by atoms with Crippen LogP contribution in [0.1, 0.15) is 54.9 Å². The zero-order valence-corrected chi connectivity index (χ0v) is 18.7. The van der Waals surface area contributed by atoms with Gasteiger partial charge in [0.05, 0.1) is 16.6 Å². The fourth-order valence-electron chi connectivity index (χ4n) is 1.58. The van der Waals surface area contributed by atoms with Gasteiger partial charge in [-0.2, -0.15) is 12.6 Å². The van der Waals surface area contributed by atoms with Crippen molar-refractivity contribution in [3.63, 3.8) is 0 Å². The van der Waals surface area contributed by atoms with E-state index in [9.17, 15) is 19.2 Å². The van der Waals surface area contributed by atoms with Crippen molar-refractivity contribution in [3.05, 3.63) is 0 Å². The average molecular weight is 423 g/mol. The average Bonchev–Trinajstić information content (AvgIpc) is 2.47. The number of thioether (sulfide) groups is 1. The normalized spacial score (nSPS) is 13.1. The lowest BCUT2D eigenvalue weighted by Gasteiger charge is -2.25. The van der Waals surface area contributed by atoms with E-state index >= 15 is 0 Å². The molecule has 0 rings (SSSR count). The molecule has 0 aliphatic rings. The predicted octanol–water partition coefficient (Wildman–Crippen LogP) is 3.64. The molecule has 0 aromatic rings. The summed E-state index contributed by atoms with van der Waals surface area (Å²) in [5.41, 5.74) is -0.717. The third-order valence-electron chi connectivity index (χ3n) is 3.11. The first-order valence-electron chi connectivity index (χ1n) is 8.58. The van der Waals surface area contributed by atoms with Gasteiger partial charge in [0.15, 0.2) is 0 Å². The molecule has 0 spiro atoms. The zero-order chi connectivity index (χ0) is 21.4. The van der Waals surface area contributed by atoms with Crippen molar-refractivity contribution in [1.29, 1.82) is 0 Å². The summed E-state index contributed by atoms with van der Waals surface area (Å²) in [6.07, 6.45) is -0.103. The highest BCUT2D eigenvalue weighted by Gasteiger charge is 2.32. The van der Waals surface area contributed by atoms with Crippen molar-refractivity contribution < 1.29 is 33.4 Å². The van der Waals surface area contributed by atoms with Crippen LogP contribution < -0.4 is 0 Å². The van der Waals surface area contributed by atoms with Gasteiger partial charge < -0.3 is 14.2 Å². The van der Waals surface area contributed by atoms with Crippen molar-refractivity contribution in [2.75, 3.05) is 12.5 Å². The van der Waals surface area contributed by atoms with Gasteiger partial charge >= 0.3 is 17.2 Å². The molecule has 0 saturated carbocycles. The van der Waals surface area contributed by atoms with Crippen LogP contribution in [0, 0.1) is 11.8 Å². The second kappa shape index (κ2) is 10.9. The number of ether oxygens (including phenoxy) is 3. The van der Waals surface area contributed by atoms with Gasteiger partial charge in [-0.05, 0) is 46.4 Å². The highest BCUT2D eigenvalue weighted by molar-refractivity contribution is 8.13. The molecule has 0 saturated heterocycles. The van der Waals surface area contributed by atoms with Gasteiger partial charge in [-0.15, -0.1) is 0 Å². The van der Waals surface area contributed by atoms with Crippen LogP contribution in [0.2, 0.25) is 0 Å². The minimum absolute atomic E-state index is 0.00146. The van der Waals surface area contributed by atoms with Gasteiger partial charge in [-0.1, -0.05) is 13.8 Å². The Hall–Kier alpha value is -1.22. The minimum atomic E-state index is -0.906. The summed E-state index contributed by atoms with van der Waals surface area (Å²) in [7, 11) is 0. The van der Waals surface area contributed by atoms with Crippen molar-refractivity contribution >= 4 is 47.4 Å². The zero-order valence-electron chi connectivity index (χ0n) is 17.0. The lowest BCUT2D eigenvalue weighted by molar-refractivity contribution is -0.160. The summed E-state index contributed by atoms with van der Waals surface area (Å²) in [6.45, 7) is 11.2. The Bertz CT molecular complexity index is 545. The summed E-state index contributed by atoms with van der Waals surface area (Å²) >= 11 is 4.94. The monoisotopic (exact) mass is 422 g/mol. The van der Waals surface area contributed by atoms with E-state index in [1.54, 1.807) is 48.5 Å². The molecule has 0 aromatic carbocycles. The van der Waals surface area contributed by atoms with E-state index < -0.39 is 40.3 Å². The van der Waals surface area contributed by atoms with Crippen molar-refractivity contribution in [2.45, 2.75) is 65.2 Å². The number of carbonyl (C=O) groups excluding carboxylic acids is 4. The Labute approximate surface area is 170 Å². The Morgan fingerprint density at radius 1 is 0.963 bits per heavy atom. The molecule has 0 radical (unpaired) electrons. The number of esters is 2. The second-order valence-corrected chi connectivity index (χ2v) is 9.93. The molecular weight excluding hydrogens is 392 g/mol. The van der Waals surface area contributed by atoms with Crippen LogP contribution >= 0.6 is 24.4 Å². The summed E-state index contributed by atoms with van der Waals surface area (Å²) < 4.78 is 14.0. The molecule has 0 aromatic heterocycles. The van der Waals surface area contributed by atoms with E-state index in [1.165, 1.54) is 0 Å². The number of ketones is 1. The number of carbonyl (C=O) groups is 4. The maximum Gasteiger partial charge on any atom is 0.370 e. The number of Topliss-reactive ketones (excluding diaryl/α,β-unsaturated/α-hetero) is 1. The first-order chi connectivity index (χ1) is 12.1. The number of hydrogen-bond donors (Lipinski definition) is 1. The molecule has 7 nitrogen and oxygen atoms in total. The lowest BCUT2D eigenvalue weighted by Crippen LogP contribution is -2.34. The number of thiol groups is 1. The van der Waals surface area contributed by atoms with Gasteiger partial charge in [-0.3, -0.25) is 14.4 Å². The van der Waals surface area contributed by atoms with Gasteiger partial charge in [-0.25, -0.2) is 4.79 Å². The molecule has 0 aliphatic heterocycles. The first kappa shape index (κ1) is 25.8. The van der Waals surface area contributed by atoms with Crippen LogP contribution in [0.4, 0.5) is 4.79 Å². The van der Waals surface area contributed by atoms with E-state index in [4.69, 9.17) is 14.2 Å². The molecule has 0 aliphatic carbocycles. The number of hydrogen-bond acceptors (Lipinski definition) is 9. The van der Waals surface area contributed by atoms with Gasteiger partial charge in [0, 0.05) is 12.2 Å². The molecule has 0 N–H and O–H groups in total. The van der Waals surface area contributed by atoms with Crippen LogP contribution in [0.15, 0.2) is 0 Å². The molecule has 0 fully saturated rings. The predicted molar refractivity (Wildman–Crippen MR) is 107 cm³/mol. The highest BCUT2D eigenvalue weighted by atomic mass is 32.2. The Kier molecular flexibility index (Phi) is 10.5. The highest BCUT2D eigenvalue weighted by Crippen LogP contribution is 2.24. The van der Waals surface area contributed by atoms with Crippen LogP contribution in [-0.4, -0.2) is 45.9 Å². The molecule has 1 atom stereocenters. The standard InChI is InChI=1S/C18H30O7S2/c1-11(2)14(20)23-10-24-16(22)27-9-12(8-13(19)18(6,7)26)15(21)25-17(3,4)5/h11-12,26H,8-10H2,1-7H3/t12-/m0/s1. The molecular formula is C18H30O7S2. The molecule has 27 heavy (non-hydrogen) atoms. The maximum atomic E-state index is 12.4. The third kappa shape index (κ3) is 12.0. The summed E-state index contributed by atoms with van der Waals surface area (Å²) in [5, 5.41) is -0.710. The Morgan fingerprint density at radius 3 is 1.96 bits per heavy atom. The molecule has 156 valence electrons. The van der Waals surface area contributed by atoms with E-state index in [0.717, 1.165) is 11.8 Å². The van der Waals surface area contributed by atoms with Crippen LogP contribution in [-0.2, 0) is 28.6 Å². The van der Waals surface area contributed by atoms with Gasteiger partial charge in [0.1, 0.15) is 11.4 Å². The molecule has 0 bridgehead atoms. The topological polar surface area (TPSA) is 96.0 Å². The van der Waals surface area contributed by atoms with Crippen molar-refractivity contribution in [2.24, 2.45) is 11.8 Å². The van der Waals surface area contributed by atoms with Gasteiger partial charge in [0.2, 0.25) is 6.79 Å². The molecule has 9 heteroatoms. The lowest BCUT2D eigenvalue weighted by atomic mass is 9.97. The smallest absolute Gasteiger partial charge is 0.370 e. The van der Waals surface area contributed by atoms with E-state index in [-0.39, 0.29) is 23.9 Å². The summed E-state index contributed by atoms with van der Waals surface area (Å²) in [4.78, 5) is 47.7. The van der Waals surface area contributed by atoms with Gasteiger partial charge in [0.25, 0.3) is 0 Å². The maximum absolute atomic E-state index is 12.4. The fourth-order valence-corrected chi connectivity index (χ4v) is 2.40. The van der Waals surface area contributed by atoms with Crippen LogP contribution in [0.3, 0.4) is 0 Å². The molecule has 0 unspecified atom stereocenters.